The van der Waals surface area contributed by atoms with Gasteiger partial charge in [-0.05, 0) is 16.7 Å². The van der Waals surface area contributed by atoms with Gasteiger partial charge in [-0.25, -0.2) is 0 Å². The molecule has 1 unspecified atom stereocenters. The molecule has 0 radical (unpaired) electrons. The third kappa shape index (κ3) is 2.54. The van der Waals surface area contributed by atoms with Crippen molar-refractivity contribution in [2.45, 2.75) is 12.5 Å². The summed E-state index contributed by atoms with van der Waals surface area (Å²) in [4.78, 5) is 0. The maximum absolute atomic E-state index is 9.57. The highest BCUT2D eigenvalue weighted by atomic mass is 16.3. The first-order valence-corrected chi connectivity index (χ1v) is 5.71. The van der Waals surface area contributed by atoms with Gasteiger partial charge in [0, 0.05) is 5.92 Å². The second kappa shape index (κ2) is 5.62. The van der Waals surface area contributed by atoms with Gasteiger partial charge < -0.3 is 10.2 Å². The van der Waals surface area contributed by atoms with Gasteiger partial charge in [0.2, 0.25) is 0 Å². The van der Waals surface area contributed by atoms with E-state index in [1.807, 2.05) is 54.6 Å². The molecule has 0 aliphatic rings. The molecular formula is C15H16O2. The average molecular weight is 228 g/mol. The summed E-state index contributed by atoms with van der Waals surface area (Å²) in [5, 5.41) is 18.9. The molecule has 2 nitrogen and oxygen atoms in total. The van der Waals surface area contributed by atoms with Gasteiger partial charge in [0.1, 0.15) is 0 Å². The molecule has 2 aromatic carbocycles. The van der Waals surface area contributed by atoms with Crippen LogP contribution in [0.3, 0.4) is 0 Å². The SMILES string of the molecule is OCc1ccccc1C(CO)c1ccccc1. The number of rotatable bonds is 4. The Labute approximate surface area is 101 Å². The van der Waals surface area contributed by atoms with E-state index in [1.54, 1.807) is 0 Å². The lowest BCUT2D eigenvalue weighted by atomic mass is 9.89. The van der Waals surface area contributed by atoms with Crippen LogP contribution in [0.2, 0.25) is 0 Å². The van der Waals surface area contributed by atoms with Gasteiger partial charge >= 0.3 is 0 Å². The molecule has 0 saturated heterocycles. The Morgan fingerprint density at radius 1 is 0.824 bits per heavy atom. The molecule has 0 aromatic heterocycles. The average Bonchev–Trinajstić information content (AvgIpc) is 2.41. The van der Waals surface area contributed by atoms with Gasteiger partial charge in [0.05, 0.1) is 13.2 Å². The topological polar surface area (TPSA) is 40.5 Å². The van der Waals surface area contributed by atoms with Crippen LogP contribution in [0.25, 0.3) is 0 Å². The third-order valence-electron chi connectivity index (χ3n) is 2.99. The maximum Gasteiger partial charge on any atom is 0.0684 e. The fraction of sp³-hybridized carbons (Fsp3) is 0.200. The smallest absolute Gasteiger partial charge is 0.0684 e. The zero-order valence-electron chi connectivity index (χ0n) is 9.58. The van der Waals surface area contributed by atoms with Gasteiger partial charge in [-0.15, -0.1) is 0 Å². The molecule has 17 heavy (non-hydrogen) atoms. The molecule has 2 aromatic rings. The second-order valence-corrected chi connectivity index (χ2v) is 4.00. The summed E-state index contributed by atoms with van der Waals surface area (Å²) in [5.41, 5.74) is 2.93. The number of hydrogen-bond donors (Lipinski definition) is 2. The molecule has 88 valence electrons. The van der Waals surface area contributed by atoms with E-state index in [0.717, 1.165) is 16.7 Å². The summed E-state index contributed by atoms with van der Waals surface area (Å²) in [6, 6.07) is 17.5. The van der Waals surface area contributed by atoms with Gasteiger partial charge in [-0.3, -0.25) is 0 Å². The second-order valence-electron chi connectivity index (χ2n) is 4.00. The van der Waals surface area contributed by atoms with E-state index in [1.165, 1.54) is 0 Å². The van der Waals surface area contributed by atoms with E-state index in [-0.39, 0.29) is 19.1 Å². The standard InChI is InChI=1S/C15H16O2/c16-10-13-8-4-5-9-14(13)15(11-17)12-6-2-1-3-7-12/h1-9,15-17H,10-11H2. The van der Waals surface area contributed by atoms with Crippen molar-refractivity contribution in [2.75, 3.05) is 6.61 Å². The zero-order valence-corrected chi connectivity index (χ0v) is 9.58. The highest BCUT2D eigenvalue weighted by Crippen LogP contribution is 2.26. The molecule has 0 saturated carbocycles. The summed E-state index contributed by atoms with van der Waals surface area (Å²) in [7, 11) is 0. The van der Waals surface area contributed by atoms with Gasteiger partial charge in [-0.1, -0.05) is 54.6 Å². The van der Waals surface area contributed by atoms with Crippen LogP contribution in [-0.4, -0.2) is 16.8 Å². The minimum absolute atomic E-state index is 0.000489. The van der Waals surface area contributed by atoms with E-state index >= 15 is 0 Å². The lowest BCUT2D eigenvalue weighted by Gasteiger charge is -2.18. The van der Waals surface area contributed by atoms with Crippen LogP contribution < -0.4 is 0 Å². The van der Waals surface area contributed by atoms with Crippen molar-refractivity contribution < 1.29 is 10.2 Å². The normalized spacial score (nSPS) is 12.4. The van der Waals surface area contributed by atoms with Crippen LogP contribution in [0.15, 0.2) is 54.6 Å². The summed E-state index contributed by atoms with van der Waals surface area (Å²) in [5.74, 6) is -0.0699. The Kier molecular flexibility index (Phi) is 3.91. The fourth-order valence-corrected chi connectivity index (χ4v) is 2.09. The summed E-state index contributed by atoms with van der Waals surface area (Å²) in [6.07, 6.45) is 0. The molecule has 2 heteroatoms. The Bertz CT molecular complexity index is 465. The van der Waals surface area contributed by atoms with Crippen LogP contribution in [0.4, 0.5) is 0 Å². The number of aliphatic hydroxyl groups is 2. The van der Waals surface area contributed by atoms with Crippen molar-refractivity contribution >= 4 is 0 Å². The van der Waals surface area contributed by atoms with E-state index < -0.39 is 0 Å². The number of aliphatic hydroxyl groups excluding tert-OH is 2. The number of benzene rings is 2. The van der Waals surface area contributed by atoms with Crippen molar-refractivity contribution in [2.24, 2.45) is 0 Å². The van der Waals surface area contributed by atoms with Gasteiger partial charge in [0.15, 0.2) is 0 Å². The minimum Gasteiger partial charge on any atom is -0.395 e. The van der Waals surface area contributed by atoms with E-state index in [4.69, 9.17) is 0 Å². The van der Waals surface area contributed by atoms with Crippen LogP contribution in [0.1, 0.15) is 22.6 Å². The molecule has 0 amide bonds. The third-order valence-corrected chi connectivity index (χ3v) is 2.99. The van der Waals surface area contributed by atoms with Crippen LogP contribution >= 0.6 is 0 Å². The Balaban J connectivity index is 2.42. The van der Waals surface area contributed by atoms with Crippen molar-refractivity contribution in [1.29, 1.82) is 0 Å². The van der Waals surface area contributed by atoms with E-state index in [0.29, 0.717) is 0 Å². The van der Waals surface area contributed by atoms with Crippen LogP contribution in [-0.2, 0) is 6.61 Å². The van der Waals surface area contributed by atoms with Crippen molar-refractivity contribution in [3.63, 3.8) is 0 Å². The Hall–Kier alpha value is -1.64. The molecule has 2 rings (SSSR count). The molecule has 2 N–H and O–H groups in total. The van der Waals surface area contributed by atoms with Crippen molar-refractivity contribution in [3.05, 3.63) is 71.3 Å². The first-order valence-electron chi connectivity index (χ1n) is 5.71. The predicted octanol–water partition coefficient (Wildman–Crippen LogP) is 2.30. The van der Waals surface area contributed by atoms with Crippen molar-refractivity contribution in [1.82, 2.24) is 0 Å². The zero-order chi connectivity index (χ0) is 12.1. The quantitative estimate of drug-likeness (QED) is 0.843. The minimum atomic E-state index is -0.0699. The molecular weight excluding hydrogens is 212 g/mol. The van der Waals surface area contributed by atoms with E-state index in [2.05, 4.69) is 0 Å². The molecule has 0 bridgehead atoms. The largest absolute Gasteiger partial charge is 0.395 e. The first-order chi connectivity index (χ1) is 8.36. The number of hydrogen-bond acceptors (Lipinski definition) is 2. The fourth-order valence-electron chi connectivity index (χ4n) is 2.09. The Morgan fingerprint density at radius 2 is 1.47 bits per heavy atom. The van der Waals surface area contributed by atoms with Gasteiger partial charge in [0.25, 0.3) is 0 Å². The molecule has 0 aliphatic carbocycles. The van der Waals surface area contributed by atoms with E-state index in [9.17, 15) is 10.2 Å². The molecule has 0 aliphatic heterocycles. The lowest BCUT2D eigenvalue weighted by Crippen LogP contribution is -2.08. The van der Waals surface area contributed by atoms with Crippen LogP contribution in [0, 0.1) is 0 Å². The van der Waals surface area contributed by atoms with Gasteiger partial charge in [-0.2, -0.15) is 0 Å². The Morgan fingerprint density at radius 3 is 2.12 bits per heavy atom. The molecule has 0 spiro atoms. The summed E-state index contributed by atoms with van der Waals surface area (Å²) < 4.78 is 0. The lowest BCUT2D eigenvalue weighted by molar-refractivity contribution is 0.268. The van der Waals surface area contributed by atoms with Crippen molar-refractivity contribution in [3.8, 4) is 0 Å². The summed E-state index contributed by atoms with van der Waals surface area (Å²) >= 11 is 0. The summed E-state index contributed by atoms with van der Waals surface area (Å²) in [6.45, 7) is 0.0422. The highest BCUT2D eigenvalue weighted by molar-refractivity contribution is 5.37. The maximum atomic E-state index is 9.57. The molecule has 0 heterocycles. The highest BCUT2D eigenvalue weighted by Gasteiger charge is 2.15. The first kappa shape index (κ1) is 11.8. The van der Waals surface area contributed by atoms with Crippen LogP contribution in [0.5, 0.6) is 0 Å². The predicted molar refractivity (Wildman–Crippen MR) is 67.7 cm³/mol. The molecule has 1 atom stereocenters. The monoisotopic (exact) mass is 228 g/mol. The molecule has 0 fully saturated rings.